The summed E-state index contributed by atoms with van der Waals surface area (Å²) in [5, 5.41) is 2.58. The zero-order chi connectivity index (χ0) is 13.8. The molecule has 4 nitrogen and oxygen atoms in total. The molecule has 1 aromatic carbocycles. The molecule has 1 saturated heterocycles. The summed E-state index contributed by atoms with van der Waals surface area (Å²) in [6.45, 7) is 0. The molecule has 0 bridgehead atoms. The predicted molar refractivity (Wildman–Crippen MR) is 77.1 cm³/mol. The third-order valence-corrected chi connectivity index (χ3v) is 3.03. The Morgan fingerprint density at radius 2 is 1.89 bits per heavy atom. The van der Waals surface area contributed by atoms with Gasteiger partial charge in [0.05, 0.1) is 0 Å². The van der Waals surface area contributed by atoms with Gasteiger partial charge in [-0.3, -0.25) is 19.8 Å². The van der Waals surface area contributed by atoms with E-state index in [1.807, 2.05) is 36.4 Å². The van der Waals surface area contributed by atoms with E-state index in [0.29, 0.717) is 0 Å². The van der Waals surface area contributed by atoms with Gasteiger partial charge in [0.25, 0.3) is 11.8 Å². The Balaban J connectivity index is 2.19. The molecule has 96 valence electrons. The SMILES string of the molecule is CN1C(=O)/C(=C/C=C/c2ccccc2)C(=O)NC1=S. The van der Waals surface area contributed by atoms with E-state index in [4.69, 9.17) is 12.2 Å². The van der Waals surface area contributed by atoms with Gasteiger partial charge in [-0.15, -0.1) is 0 Å². The first-order chi connectivity index (χ1) is 9.09. The molecule has 0 unspecified atom stereocenters. The molecule has 0 aromatic heterocycles. The van der Waals surface area contributed by atoms with Crippen LogP contribution < -0.4 is 5.32 Å². The van der Waals surface area contributed by atoms with Crippen molar-refractivity contribution in [2.45, 2.75) is 0 Å². The van der Waals surface area contributed by atoms with Crippen LogP contribution >= 0.6 is 12.2 Å². The van der Waals surface area contributed by atoms with Gasteiger partial charge >= 0.3 is 0 Å². The summed E-state index contributed by atoms with van der Waals surface area (Å²) in [7, 11) is 1.53. The highest BCUT2D eigenvalue weighted by atomic mass is 32.1. The van der Waals surface area contributed by atoms with E-state index in [1.165, 1.54) is 18.0 Å². The molecule has 1 fully saturated rings. The first-order valence-electron chi connectivity index (χ1n) is 5.66. The lowest BCUT2D eigenvalue weighted by Crippen LogP contribution is -2.52. The number of rotatable bonds is 2. The second-order valence-electron chi connectivity index (χ2n) is 3.97. The van der Waals surface area contributed by atoms with Gasteiger partial charge in [-0.25, -0.2) is 0 Å². The van der Waals surface area contributed by atoms with Crippen LogP contribution in [-0.2, 0) is 9.59 Å². The Hall–Kier alpha value is -2.27. The molecule has 0 spiro atoms. The highest BCUT2D eigenvalue weighted by Gasteiger charge is 2.30. The molecule has 1 N–H and O–H groups in total. The molecule has 1 aliphatic heterocycles. The fraction of sp³-hybridized carbons (Fsp3) is 0.0714. The highest BCUT2D eigenvalue weighted by Crippen LogP contribution is 2.09. The topological polar surface area (TPSA) is 49.4 Å². The van der Waals surface area contributed by atoms with Crippen LogP contribution in [0, 0.1) is 0 Å². The third-order valence-electron chi connectivity index (χ3n) is 2.66. The number of hydrogen-bond acceptors (Lipinski definition) is 3. The molecule has 1 aliphatic rings. The summed E-state index contributed by atoms with van der Waals surface area (Å²) in [6, 6.07) is 9.61. The van der Waals surface area contributed by atoms with Crippen LogP contribution in [0.15, 0.2) is 48.1 Å². The molecule has 0 aliphatic carbocycles. The standard InChI is InChI=1S/C14H12N2O2S/c1-16-13(18)11(12(17)15-14(16)19)9-5-8-10-6-3-2-4-7-10/h2-9H,1H3,(H,15,17,19)/b8-5+,11-9+. The number of carbonyl (C=O) groups excluding carboxylic acids is 2. The van der Waals surface area contributed by atoms with E-state index in [2.05, 4.69) is 5.32 Å². The van der Waals surface area contributed by atoms with Gasteiger partial charge in [-0.05, 0) is 23.9 Å². The van der Waals surface area contributed by atoms with Gasteiger partial charge in [0.1, 0.15) is 5.57 Å². The van der Waals surface area contributed by atoms with Gasteiger partial charge in [0.15, 0.2) is 5.11 Å². The predicted octanol–water partition coefficient (Wildman–Crippen LogP) is 1.50. The lowest BCUT2D eigenvalue weighted by Gasteiger charge is -2.24. The number of nitrogens with zero attached hydrogens (tertiary/aromatic N) is 1. The minimum Gasteiger partial charge on any atom is -0.298 e. The number of allylic oxidation sites excluding steroid dienone is 2. The van der Waals surface area contributed by atoms with E-state index in [0.717, 1.165) is 5.56 Å². The maximum atomic E-state index is 11.9. The van der Waals surface area contributed by atoms with Crippen molar-refractivity contribution in [1.82, 2.24) is 10.2 Å². The summed E-state index contributed by atoms with van der Waals surface area (Å²) in [4.78, 5) is 24.8. The minimum absolute atomic E-state index is 0.0725. The number of likely N-dealkylation sites (N-methyl/N-ethyl adjacent to an activating group) is 1. The number of thiocarbonyl (C=S) groups is 1. The first-order valence-corrected chi connectivity index (χ1v) is 6.07. The second kappa shape index (κ2) is 5.58. The summed E-state index contributed by atoms with van der Waals surface area (Å²) in [6.07, 6.45) is 4.98. The molecular weight excluding hydrogens is 260 g/mol. The zero-order valence-corrected chi connectivity index (χ0v) is 11.1. The van der Waals surface area contributed by atoms with Crippen LogP contribution in [-0.4, -0.2) is 28.9 Å². The van der Waals surface area contributed by atoms with Crippen LogP contribution in [0.4, 0.5) is 0 Å². The number of benzene rings is 1. The maximum Gasteiger partial charge on any atom is 0.265 e. The van der Waals surface area contributed by atoms with Crippen molar-refractivity contribution in [3.8, 4) is 0 Å². The number of nitrogens with one attached hydrogen (secondary N) is 1. The monoisotopic (exact) mass is 272 g/mol. The molecule has 0 saturated carbocycles. The molecule has 1 heterocycles. The van der Waals surface area contributed by atoms with Crippen molar-refractivity contribution in [2.75, 3.05) is 7.05 Å². The summed E-state index contributed by atoms with van der Waals surface area (Å²) in [5.74, 6) is -0.864. The third kappa shape index (κ3) is 2.95. The Morgan fingerprint density at radius 1 is 1.21 bits per heavy atom. The van der Waals surface area contributed by atoms with Gasteiger partial charge in [-0.1, -0.05) is 42.5 Å². The van der Waals surface area contributed by atoms with E-state index < -0.39 is 11.8 Å². The lowest BCUT2D eigenvalue weighted by molar-refractivity contribution is -0.128. The average Bonchev–Trinajstić information content (AvgIpc) is 2.41. The van der Waals surface area contributed by atoms with Crippen LogP contribution in [0.2, 0.25) is 0 Å². The van der Waals surface area contributed by atoms with Crippen LogP contribution in [0.25, 0.3) is 6.08 Å². The molecule has 19 heavy (non-hydrogen) atoms. The van der Waals surface area contributed by atoms with Crippen molar-refractivity contribution in [3.05, 3.63) is 53.6 Å². The molecule has 5 heteroatoms. The quantitative estimate of drug-likeness (QED) is 0.504. The van der Waals surface area contributed by atoms with E-state index in [1.54, 1.807) is 6.08 Å². The summed E-state index contributed by atoms with van der Waals surface area (Å²) >= 11 is 4.85. The smallest absolute Gasteiger partial charge is 0.265 e. The minimum atomic E-state index is -0.467. The molecule has 0 radical (unpaired) electrons. The Morgan fingerprint density at radius 3 is 2.58 bits per heavy atom. The summed E-state index contributed by atoms with van der Waals surface area (Å²) in [5.41, 5.74) is 1.06. The maximum absolute atomic E-state index is 11.9. The first kappa shape index (κ1) is 13.2. The Bertz CT molecular complexity index is 591. The van der Waals surface area contributed by atoms with E-state index in [9.17, 15) is 9.59 Å². The van der Waals surface area contributed by atoms with Crippen molar-refractivity contribution < 1.29 is 9.59 Å². The molecule has 2 rings (SSSR count). The van der Waals surface area contributed by atoms with Crippen molar-refractivity contribution in [3.63, 3.8) is 0 Å². The Labute approximate surface area is 116 Å². The van der Waals surface area contributed by atoms with Crippen LogP contribution in [0.5, 0.6) is 0 Å². The van der Waals surface area contributed by atoms with Gasteiger partial charge in [-0.2, -0.15) is 0 Å². The van der Waals surface area contributed by atoms with Gasteiger partial charge < -0.3 is 0 Å². The molecule has 2 amide bonds. The fourth-order valence-electron chi connectivity index (χ4n) is 1.58. The van der Waals surface area contributed by atoms with Crippen LogP contribution in [0.3, 0.4) is 0 Å². The number of carbonyl (C=O) groups is 2. The summed E-state index contributed by atoms with van der Waals surface area (Å²) < 4.78 is 0. The molecule has 1 aromatic rings. The van der Waals surface area contributed by atoms with Crippen molar-refractivity contribution >= 4 is 35.2 Å². The molecular formula is C14H12N2O2S. The van der Waals surface area contributed by atoms with Gasteiger partial charge in [0.2, 0.25) is 0 Å². The van der Waals surface area contributed by atoms with Crippen molar-refractivity contribution in [1.29, 1.82) is 0 Å². The van der Waals surface area contributed by atoms with Crippen LogP contribution in [0.1, 0.15) is 5.56 Å². The van der Waals surface area contributed by atoms with E-state index >= 15 is 0 Å². The van der Waals surface area contributed by atoms with Crippen molar-refractivity contribution in [2.24, 2.45) is 0 Å². The normalized spacial score (nSPS) is 18.3. The highest BCUT2D eigenvalue weighted by molar-refractivity contribution is 7.80. The number of amides is 2. The zero-order valence-electron chi connectivity index (χ0n) is 10.3. The lowest BCUT2D eigenvalue weighted by atomic mass is 10.1. The average molecular weight is 272 g/mol. The largest absolute Gasteiger partial charge is 0.298 e. The number of hydrogen-bond donors (Lipinski definition) is 1. The van der Waals surface area contributed by atoms with E-state index in [-0.39, 0.29) is 10.7 Å². The van der Waals surface area contributed by atoms with Gasteiger partial charge in [0, 0.05) is 7.05 Å². The Kier molecular flexibility index (Phi) is 3.87. The second-order valence-corrected chi connectivity index (χ2v) is 4.36. The molecule has 0 atom stereocenters. The fourth-order valence-corrected chi connectivity index (χ4v) is 1.76.